The number of rotatable bonds is 5. The van der Waals surface area contributed by atoms with E-state index in [1.165, 1.54) is 0 Å². The topological polar surface area (TPSA) is 75.3 Å². The summed E-state index contributed by atoms with van der Waals surface area (Å²) in [5.74, 6) is -2.46. The molecule has 18 heavy (non-hydrogen) atoms. The zero-order valence-electron chi connectivity index (χ0n) is 10.0. The van der Waals surface area contributed by atoms with E-state index in [1.807, 2.05) is 0 Å². The minimum atomic E-state index is -0.940. The zero-order valence-corrected chi connectivity index (χ0v) is 10.0. The summed E-state index contributed by atoms with van der Waals surface area (Å²) in [5, 5.41) is 11.7. The number of hydrogen-bond donors (Lipinski definition) is 3. The summed E-state index contributed by atoms with van der Waals surface area (Å²) in [7, 11) is 0. The smallest absolute Gasteiger partial charge is 0.254 e. The molecule has 1 aromatic rings. The maximum absolute atomic E-state index is 13.5. The number of aliphatic hydroxyl groups excluding tert-OH is 1. The van der Waals surface area contributed by atoms with Crippen LogP contribution in [0.3, 0.4) is 0 Å². The van der Waals surface area contributed by atoms with E-state index in [0.717, 1.165) is 12.1 Å². The summed E-state index contributed by atoms with van der Waals surface area (Å²) in [6, 6.07) is 1.60. The second-order valence-corrected chi connectivity index (χ2v) is 3.96. The SMILES string of the molecule is CCC(O)CCNC(=O)c1cc(F)cc(N)c1F. The third kappa shape index (κ3) is 3.66. The lowest BCUT2D eigenvalue weighted by Gasteiger charge is -2.10. The van der Waals surface area contributed by atoms with Crippen LogP contribution in [0.15, 0.2) is 12.1 Å². The molecule has 1 aromatic carbocycles. The molecule has 4 nitrogen and oxygen atoms in total. The molecule has 1 rings (SSSR count). The molecule has 0 bridgehead atoms. The first-order chi connectivity index (χ1) is 8.45. The van der Waals surface area contributed by atoms with Gasteiger partial charge in [-0.1, -0.05) is 6.92 Å². The van der Waals surface area contributed by atoms with Crippen LogP contribution in [0.5, 0.6) is 0 Å². The van der Waals surface area contributed by atoms with E-state index in [0.29, 0.717) is 12.8 Å². The molecule has 0 aliphatic heterocycles. The minimum absolute atomic E-state index is 0.184. The summed E-state index contributed by atoms with van der Waals surface area (Å²) in [4.78, 5) is 11.6. The van der Waals surface area contributed by atoms with Gasteiger partial charge in [0.2, 0.25) is 0 Å². The van der Waals surface area contributed by atoms with Gasteiger partial charge in [0, 0.05) is 6.54 Å². The van der Waals surface area contributed by atoms with Crippen LogP contribution in [-0.2, 0) is 0 Å². The van der Waals surface area contributed by atoms with Crippen LogP contribution in [-0.4, -0.2) is 23.7 Å². The predicted octanol–water partition coefficient (Wildman–Crippen LogP) is 1.44. The molecule has 0 fully saturated rings. The number of carbonyl (C=O) groups is 1. The van der Waals surface area contributed by atoms with Crippen molar-refractivity contribution in [2.75, 3.05) is 12.3 Å². The number of anilines is 1. The maximum atomic E-state index is 13.5. The summed E-state index contributed by atoms with van der Waals surface area (Å²) in [6.07, 6.45) is 0.402. The number of amides is 1. The van der Waals surface area contributed by atoms with Crippen LogP contribution in [0.1, 0.15) is 30.1 Å². The number of carbonyl (C=O) groups excluding carboxylic acids is 1. The fourth-order valence-corrected chi connectivity index (χ4v) is 1.43. The van der Waals surface area contributed by atoms with Gasteiger partial charge in [-0.15, -0.1) is 0 Å². The number of nitrogens with two attached hydrogens (primary N) is 1. The van der Waals surface area contributed by atoms with Crippen molar-refractivity contribution < 1.29 is 18.7 Å². The molecule has 0 radical (unpaired) electrons. The maximum Gasteiger partial charge on any atom is 0.254 e. The normalized spacial score (nSPS) is 12.2. The lowest BCUT2D eigenvalue weighted by atomic mass is 10.1. The second kappa shape index (κ2) is 6.30. The molecule has 1 atom stereocenters. The molecule has 0 aromatic heterocycles. The number of nitrogen functional groups attached to an aromatic ring is 1. The van der Waals surface area contributed by atoms with E-state index in [-0.39, 0.29) is 6.54 Å². The predicted molar refractivity (Wildman–Crippen MR) is 64.0 cm³/mol. The molecule has 1 amide bonds. The zero-order chi connectivity index (χ0) is 13.7. The second-order valence-electron chi connectivity index (χ2n) is 3.96. The van der Waals surface area contributed by atoms with Crippen molar-refractivity contribution in [1.29, 1.82) is 0 Å². The third-order valence-electron chi connectivity index (χ3n) is 2.54. The van der Waals surface area contributed by atoms with Crippen LogP contribution in [0.4, 0.5) is 14.5 Å². The minimum Gasteiger partial charge on any atom is -0.396 e. The van der Waals surface area contributed by atoms with Gasteiger partial charge in [-0.25, -0.2) is 8.78 Å². The van der Waals surface area contributed by atoms with Crippen molar-refractivity contribution in [1.82, 2.24) is 5.32 Å². The average molecular weight is 258 g/mol. The van der Waals surface area contributed by atoms with Crippen LogP contribution in [0, 0.1) is 11.6 Å². The van der Waals surface area contributed by atoms with E-state index in [9.17, 15) is 18.7 Å². The van der Waals surface area contributed by atoms with Crippen molar-refractivity contribution in [3.05, 3.63) is 29.3 Å². The number of nitrogens with one attached hydrogen (secondary N) is 1. The number of benzene rings is 1. The highest BCUT2D eigenvalue weighted by atomic mass is 19.1. The lowest BCUT2D eigenvalue weighted by Crippen LogP contribution is -2.28. The Labute approximate surface area is 104 Å². The number of halogens is 2. The third-order valence-corrected chi connectivity index (χ3v) is 2.54. The van der Waals surface area contributed by atoms with E-state index in [4.69, 9.17) is 5.73 Å². The highest BCUT2D eigenvalue weighted by Crippen LogP contribution is 2.17. The van der Waals surface area contributed by atoms with Gasteiger partial charge in [0.05, 0.1) is 17.4 Å². The fraction of sp³-hybridized carbons (Fsp3) is 0.417. The van der Waals surface area contributed by atoms with E-state index < -0.39 is 34.9 Å². The Balaban J connectivity index is 2.67. The first-order valence-corrected chi connectivity index (χ1v) is 5.66. The van der Waals surface area contributed by atoms with E-state index in [1.54, 1.807) is 6.92 Å². The summed E-state index contributed by atoms with van der Waals surface area (Å²) in [5.41, 5.74) is 4.38. The monoisotopic (exact) mass is 258 g/mol. The standard InChI is InChI=1S/C12H16F2N2O2/c1-2-8(17)3-4-16-12(18)9-5-7(13)6-10(15)11(9)14/h5-6,8,17H,2-4,15H2,1H3,(H,16,18). The van der Waals surface area contributed by atoms with Crippen LogP contribution in [0.2, 0.25) is 0 Å². The van der Waals surface area contributed by atoms with Gasteiger partial charge in [-0.05, 0) is 25.0 Å². The highest BCUT2D eigenvalue weighted by Gasteiger charge is 2.15. The molecule has 0 spiro atoms. The van der Waals surface area contributed by atoms with Crippen molar-refractivity contribution >= 4 is 11.6 Å². The lowest BCUT2D eigenvalue weighted by molar-refractivity contribution is 0.0937. The Morgan fingerprint density at radius 3 is 2.78 bits per heavy atom. The number of hydrogen-bond acceptors (Lipinski definition) is 3. The number of aliphatic hydroxyl groups is 1. The van der Waals surface area contributed by atoms with Gasteiger partial charge < -0.3 is 16.2 Å². The van der Waals surface area contributed by atoms with E-state index >= 15 is 0 Å². The molecule has 6 heteroatoms. The van der Waals surface area contributed by atoms with Crippen molar-refractivity contribution in [3.63, 3.8) is 0 Å². The summed E-state index contributed by atoms with van der Waals surface area (Å²) >= 11 is 0. The quantitative estimate of drug-likeness (QED) is 0.699. The van der Waals surface area contributed by atoms with Gasteiger partial charge in [-0.3, -0.25) is 4.79 Å². The molecular formula is C12H16F2N2O2. The van der Waals surface area contributed by atoms with Gasteiger partial charge in [0.1, 0.15) is 5.82 Å². The molecule has 100 valence electrons. The van der Waals surface area contributed by atoms with Crippen molar-refractivity contribution in [3.8, 4) is 0 Å². The fourth-order valence-electron chi connectivity index (χ4n) is 1.43. The largest absolute Gasteiger partial charge is 0.396 e. The first-order valence-electron chi connectivity index (χ1n) is 5.66. The van der Waals surface area contributed by atoms with Crippen molar-refractivity contribution in [2.24, 2.45) is 0 Å². The Kier molecular flexibility index (Phi) is 5.03. The molecular weight excluding hydrogens is 242 g/mol. The average Bonchev–Trinajstić information content (AvgIpc) is 2.33. The van der Waals surface area contributed by atoms with Crippen LogP contribution in [0.25, 0.3) is 0 Å². The molecule has 0 saturated heterocycles. The summed E-state index contributed by atoms with van der Waals surface area (Å²) < 4.78 is 26.5. The Bertz CT molecular complexity index is 438. The molecule has 0 aliphatic rings. The van der Waals surface area contributed by atoms with Gasteiger partial charge >= 0.3 is 0 Å². The Hall–Kier alpha value is -1.69. The molecule has 0 saturated carbocycles. The Morgan fingerprint density at radius 1 is 1.50 bits per heavy atom. The summed E-state index contributed by atoms with van der Waals surface area (Å²) in [6.45, 7) is 1.99. The van der Waals surface area contributed by atoms with Crippen LogP contribution < -0.4 is 11.1 Å². The molecule has 4 N–H and O–H groups in total. The van der Waals surface area contributed by atoms with Crippen molar-refractivity contribution in [2.45, 2.75) is 25.9 Å². The van der Waals surface area contributed by atoms with Gasteiger partial charge in [0.25, 0.3) is 5.91 Å². The van der Waals surface area contributed by atoms with E-state index in [2.05, 4.69) is 5.32 Å². The van der Waals surface area contributed by atoms with Gasteiger partial charge in [-0.2, -0.15) is 0 Å². The molecule has 1 unspecified atom stereocenters. The van der Waals surface area contributed by atoms with Crippen LogP contribution >= 0.6 is 0 Å². The molecule has 0 aliphatic carbocycles. The first kappa shape index (κ1) is 14.4. The highest BCUT2D eigenvalue weighted by molar-refractivity contribution is 5.95. The molecule has 0 heterocycles. The Morgan fingerprint density at radius 2 is 2.17 bits per heavy atom. The van der Waals surface area contributed by atoms with Gasteiger partial charge in [0.15, 0.2) is 5.82 Å².